The molecular weight excluding hydrogens is 206 g/mol. The Kier molecular flexibility index (Phi) is 2.82. The van der Waals surface area contributed by atoms with Crippen molar-refractivity contribution in [2.45, 2.75) is 19.8 Å². The van der Waals surface area contributed by atoms with Gasteiger partial charge in [-0.1, -0.05) is 6.92 Å². The first-order chi connectivity index (χ1) is 5.22. The fourth-order valence-electron chi connectivity index (χ4n) is 0.819. The van der Waals surface area contributed by atoms with Crippen molar-refractivity contribution in [2.24, 2.45) is 0 Å². The van der Waals surface area contributed by atoms with Crippen LogP contribution in [0, 0.1) is 0 Å². The molecule has 0 aliphatic rings. The molecule has 0 amide bonds. The largest absolute Gasteiger partial charge is 0.384 e. The minimum Gasteiger partial charge on any atom is -0.384 e. The van der Waals surface area contributed by atoms with Crippen molar-refractivity contribution < 1.29 is 0 Å². The fraction of sp³-hybridized carbons (Fsp3) is 0.429. The molecule has 11 heavy (non-hydrogen) atoms. The van der Waals surface area contributed by atoms with Gasteiger partial charge in [0, 0.05) is 12.5 Å². The topological polar surface area (TPSA) is 51.8 Å². The van der Waals surface area contributed by atoms with Crippen molar-refractivity contribution in [3.8, 4) is 0 Å². The third-order valence-electron chi connectivity index (χ3n) is 1.23. The van der Waals surface area contributed by atoms with Crippen LogP contribution in [-0.4, -0.2) is 9.97 Å². The molecule has 0 fully saturated rings. The lowest BCUT2D eigenvalue weighted by Gasteiger charge is -1.98. The van der Waals surface area contributed by atoms with Crippen LogP contribution < -0.4 is 5.73 Å². The van der Waals surface area contributed by atoms with Gasteiger partial charge in [-0.2, -0.15) is 0 Å². The molecule has 0 atom stereocenters. The molecule has 2 N–H and O–H groups in total. The van der Waals surface area contributed by atoms with E-state index in [1.54, 1.807) is 6.07 Å². The number of nitrogen functional groups attached to an aromatic ring is 1. The third kappa shape index (κ3) is 2.46. The zero-order valence-corrected chi connectivity index (χ0v) is 7.93. The highest BCUT2D eigenvalue weighted by atomic mass is 79.9. The molecule has 0 aliphatic heterocycles. The summed E-state index contributed by atoms with van der Waals surface area (Å²) < 4.78 is 0.758. The van der Waals surface area contributed by atoms with Crippen molar-refractivity contribution in [2.75, 3.05) is 5.73 Å². The number of hydrogen-bond donors (Lipinski definition) is 1. The van der Waals surface area contributed by atoms with E-state index in [9.17, 15) is 0 Å². The molecular formula is C7H10BrN3. The van der Waals surface area contributed by atoms with Gasteiger partial charge in [0.05, 0.1) is 0 Å². The molecule has 0 unspecified atom stereocenters. The van der Waals surface area contributed by atoms with E-state index in [1.165, 1.54) is 0 Å². The smallest absolute Gasteiger partial charge is 0.132 e. The molecule has 1 aromatic heterocycles. The maximum atomic E-state index is 5.51. The van der Waals surface area contributed by atoms with Crippen molar-refractivity contribution >= 4 is 21.7 Å². The van der Waals surface area contributed by atoms with Gasteiger partial charge in [0.1, 0.15) is 16.2 Å². The second-order valence-corrected chi connectivity index (χ2v) is 3.09. The second kappa shape index (κ2) is 3.67. The van der Waals surface area contributed by atoms with Crippen LogP contribution in [0.25, 0.3) is 0 Å². The predicted molar refractivity (Wildman–Crippen MR) is 48.1 cm³/mol. The maximum Gasteiger partial charge on any atom is 0.132 e. The van der Waals surface area contributed by atoms with Gasteiger partial charge in [0.25, 0.3) is 0 Å². The molecule has 1 aromatic rings. The van der Waals surface area contributed by atoms with Gasteiger partial charge in [-0.15, -0.1) is 0 Å². The maximum absolute atomic E-state index is 5.51. The Labute approximate surface area is 74.2 Å². The molecule has 0 bridgehead atoms. The predicted octanol–water partition coefficient (Wildman–Crippen LogP) is 1.77. The Morgan fingerprint density at radius 3 is 2.82 bits per heavy atom. The van der Waals surface area contributed by atoms with Crippen LogP contribution in [0.5, 0.6) is 0 Å². The van der Waals surface area contributed by atoms with Crippen LogP contribution in [0.2, 0.25) is 0 Å². The molecule has 3 nitrogen and oxygen atoms in total. The SMILES string of the molecule is CCCc1nc(N)cc(Br)n1. The van der Waals surface area contributed by atoms with Crippen molar-refractivity contribution in [3.05, 3.63) is 16.5 Å². The van der Waals surface area contributed by atoms with Gasteiger partial charge < -0.3 is 5.73 Å². The molecule has 0 spiro atoms. The average molecular weight is 216 g/mol. The van der Waals surface area contributed by atoms with Gasteiger partial charge in [0.2, 0.25) is 0 Å². The molecule has 60 valence electrons. The van der Waals surface area contributed by atoms with E-state index in [0.29, 0.717) is 5.82 Å². The molecule has 0 saturated heterocycles. The number of halogens is 1. The third-order valence-corrected chi connectivity index (χ3v) is 1.64. The van der Waals surface area contributed by atoms with Crippen LogP contribution in [0.15, 0.2) is 10.7 Å². The summed E-state index contributed by atoms with van der Waals surface area (Å²) in [5.41, 5.74) is 5.51. The van der Waals surface area contributed by atoms with Crippen LogP contribution >= 0.6 is 15.9 Å². The summed E-state index contributed by atoms with van der Waals surface area (Å²) >= 11 is 3.25. The quantitative estimate of drug-likeness (QED) is 0.766. The summed E-state index contributed by atoms with van der Waals surface area (Å²) in [5, 5.41) is 0. The highest BCUT2D eigenvalue weighted by molar-refractivity contribution is 9.10. The lowest BCUT2D eigenvalue weighted by atomic mass is 10.3. The van der Waals surface area contributed by atoms with E-state index < -0.39 is 0 Å². The Balaban J connectivity index is 2.89. The van der Waals surface area contributed by atoms with Gasteiger partial charge >= 0.3 is 0 Å². The molecule has 0 aromatic carbocycles. The summed E-state index contributed by atoms with van der Waals surface area (Å²) in [4.78, 5) is 8.21. The first-order valence-corrected chi connectivity index (χ1v) is 4.30. The molecule has 4 heteroatoms. The number of hydrogen-bond acceptors (Lipinski definition) is 3. The van der Waals surface area contributed by atoms with Gasteiger partial charge in [0.15, 0.2) is 0 Å². The first kappa shape index (κ1) is 8.46. The fourth-order valence-corrected chi connectivity index (χ4v) is 1.26. The van der Waals surface area contributed by atoms with Gasteiger partial charge in [-0.3, -0.25) is 0 Å². The van der Waals surface area contributed by atoms with Crippen LogP contribution in [0.3, 0.4) is 0 Å². The van der Waals surface area contributed by atoms with Crippen molar-refractivity contribution in [3.63, 3.8) is 0 Å². The molecule has 1 heterocycles. The van der Waals surface area contributed by atoms with E-state index in [4.69, 9.17) is 5.73 Å². The number of rotatable bonds is 2. The summed E-state index contributed by atoms with van der Waals surface area (Å²) in [7, 11) is 0. The normalized spacial score (nSPS) is 10.0. The van der Waals surface area contributed by atoms with Crippen molar-refractivity contribution in [1.82, 2.24) is 9.97 Å². The Morgan fingerprint density at radius 1 is 1.55 bits per heavy atom. The zero-order chi connectivity index (χ0) is 8.27. The summed E-state index contributed by atoms with van der Waals surface area (Å²) in [6.07, 6.45) is 1.92. The van der Waals surface area contributed by atoms with Crippen LogP contribution in [0.4, 0.5) is 5.82 Å². The van der Waals surface area contributed by atoms with Crippen LogP contribution in [0.1, 0.15) is 19.2 Å². The zero-order valence-electron chi connectivity index (χ0n) is 6.34. The summed E-state index contributed by atoms with van der Waals surface area (Å²) in [5.74, 6) is 1.33. The molecule has 1 rings (SSSR count). The minimum atomic E-state index is 0.523. The molecule has 0 aliphatic carbocycles. The first-order valence-electron chi connectivity index (χ1n) is 3.51. The second-order valence-electron chi connectivity index (χ2n) is 2.28. The van der Waals surface area contributed by atoms with E-state index in [1.807, 2.05) is 0 Å². The number of nitrogens with two attached hydrogens (primary N) is 1. The lowest BCUT2D eigenvalue weighted by molar-refractivity contribution is 0.832. The summed E-state index contributed by atoms with van der Waals surface area (Å²) in [6, 6.07) is 1.69. The van der Waals surface area contributed by atoms with Gasteiger partial charge in [-0.05, 0) is 22.4 Å². The van der Waals surface area contributed by atoms with E-state index in [-0.39, 0.29) is 0 Å². The highest BCUT2D eigenvalue weighted by Crippen LogP contribution is 2.10. The Hall–Kier alpha value is -0.640. The van der Waals surface area contributed by atoms with E-state index >= 15 is 0 Å². The summed E-state index contributed by atoms with van der Waals surface area (Å²) in [6.45, 7) is 2.08. The number of anilines is 1. The highest BCUT2D eigenvalue weighted by Gasteiger charge is 1.98. The molecule has 0 saturated carbocycles. The van der Waals surface area contributed by atoms with Crippen LogP contribution in [-0.2, 0) is 6.42 Å². The monoisotopic (exact) mass is 215 g/mol. The average Bonchev–Trinajstić information content (AvgIpc) is 1.85. The number of nitrogens with zero attached hydrogens (tertiary/aromatic N) is 2. The minimum absolute atomic E-state index is 0.523. The van der Waals surface area contributed by atoms with E-state index in [0.717, 1.165) is 23.3 Å². The molecule has 0 radical (unpaired) electrons. The van der Waals surface area contributed by atoms with Gasteiger partial charge in [-0.25, -0.2) is 9.97 Å². The number of aromatic nitrogens is 2. The Bertz CT molecular complexity index is 229. The number of aryl methyl sites for hydroxylation is 1. The lowest BCUT2D eigenvalue weighted by Crippen LogP contribution is -1.99. The Morgan fingerprint density at radius 2 is 2.27 bits per heavy atom. The van der Waals surface area contributed by atoms with E-state index in [2.05, 4.69) is 32.8 Å². The standard InChI is InChI=1S/C7H10BrN3/c1-2-3-7-10-5(8)4-6(9)11-7/h4H,2-3H2,1H3,(H2,9,10,11). The van der Waals surface area contributed by atoms with Crippen molar-refractivity contribution in [1.29, 1.82) is 0 Å².